The van der Waals surface area contributed by atoms with E-state index >= 15 is 0 Å². The molecule has 7 heteroatoms. The second-order valence-electron chi connectivity index (χ2n) is 5.79. The van der Waals surface area contributed by atoms with Gasteiger partial charge in [0.15, 0.2) is 11.6 Å². The second-order valence-corrected chi connectivity index (χ2v) is 5.79. The summed E-state index contributed by atoms with van der Waals surface area (Å²) in [5, 5.41) is 13.4. The van der Waals surface area contributed by atoms with E-state index in [-0.39, 0.29) is 0 Å². The first-order valence-corrected chi connectivity index (χ1v) is 7.95. The molecule has 0 amide bonds. The Morgan fingerprint density at radius 2 is 1.91 bits per heavy atom. The predicted molar refractivity (Wildman–Crippen MR) is 87.6 cm³/mol. The monoisotopic (exact) mass is 313 g/mol. The molecule has 0 saturated carbocycles. The van der Waals surface area contributed by atoms with Crippen molar-refractivity contribution in [2.24, 2.45) is 7.05 Å². The third-order valence-electron chi connectivity index (χ3n) is 4.34. The highest BCUT2D eigenvalue weighted by Gasteiger charge is 2.14. The largest absolute Gasteiger partial charge is 0.269 e. The lowest BCUT2D eigenvalue weighted by atomic mass is 10.2. The van der Waals surface area contributed by atoms with Crippen LogP contribution in [-0.4, -0.2) is 34.3 Å². The van der Waals surface area contributed by atoms with Crippen LogP contribution in [0.1, 0.15) is 35.5 Å². The van der Waals surface area contributed by atoms with Gasteiger partial charge in [0, 0.05) is 38.2 Å². The van der Waals surface area contributed by atoms with Crippen LogP contribution in [-0.2, 0) is 26.4 Å². The van der Waals surface area contributed by atoms with Crippen molar-refractivity contribution in [3.8, 4) is 5.82 Å². The maximum absolute atomic E-state index is 4.67. The van der Waals surface area contributed by atoms with Gasteiger partial charge in [-0.05, 0) is 26.3 Å². The molecule has 0 atom stereocenters. The zero-order valence-electron chi connectivity index (χ0n) is 14.4. The maximum atomic E-state index is 4.67. The summed E-state index contributed by atoms with van der Waals surface area (Å²) in [7, 11) is 1.91. The fourth-order valence-electron chi connectivity index (χ4n) is 2.67. The van der Waals surface area contributed by atoms with Gasteiger partial charge in [-0.25, -0.2) is 4.98 Å². The van der Waals surface area contributed by atoms with Crippen molar-refractivity contribution in [2.75, 3.05) is 0 Å². The lowest BCUT2D eigenvalue weighted by molar-refractivity contribution is 0.568. The van der Waals surface area contributed by atoms with Crippen LogP contribution >= 0.6 is 0 Å². The van der Waals surface area contributed by atoms with Gasteiger partial charge in [-0.1, -0.05) is 6.92 Å². The standard InChI is InChI=1S/C16H23N7/c1-6-14-18-15(23(20-14)16-7-9-17-21(16)5)8-10-22-13(4)11(2)12(3)19-22/h7,9H,6,8,10H2,1-5H3. The molecule has 0 N–H and O–H groups in total. The fraction of sp³-hybridized carbons (Fsp3) is 0.500. The lowest BCUT2D eigenvalue weighted by Gasteiger charge is -2.07. The van der Waals surface area contributed by atoms with E-state index in [1.165, 1.54) is 11.3 Å². The summed E-state index contributed by atoms with van der Waals surface area (Å²) in [6.45, 7) is 9.13. The zero-order chi connectivity index (χ0) is 16.6. The number of aryl methyl sites for hydroxylation is 5. The van der Waals surface area contributed by atoms with E-state index < -0.39 is 0 Å². The highest BCUT2D eigenvalue weighted by molar-refractivity contribution is 5.23. The number of hydrogen-bond donors (Lipinski definition) is 0. The summed E-state index contributed by atoms with van der Waals surface area (Å²) in [5.74, 6) is 2.72. The molecule has 0 unspecified atom stereocenters. The molecule has 7 nitrogen and oxygen atoms in total. The third-order valence-corrected chi connectivity index (χ3v) is 4.34. The first kappa shape index (κ1) is 15.5. The van der Waals surface area contributed by atoms with Crippen molar-refractivity contribution < 1.29 is 0 Å². The second kappa shape index (κ2) is 5.98. The summed E-state index contributed by atoms with van der Waals surface area (Å²) >= 11 is 0. The number of aromatic nitrogens is 7. The van der Waals surface area contributed by atoms with Crippen molar-refractivity contribution in [1.82, 2.24) is 34.3 Å². The van der Waals surface area contributed by atoms with Crippen LogP contribution in [0.5, 0.6) is 0 Å². The average molecular weight is 313 g/mol. The lowest BCUT2D eigenvalue weighted by Crippen LogP contribution is -2.12. The van der Waals surface area contributed by atoms with Crippen LogP contribution in [0.2, 0.25) is 0 Å². The summed E-state index contributed by atoms with van der Waals surface area (Å²) in [4.78, 5) is 4.67. The summed E-state index contributed by atoms with van der Waals surface area (Å²) in [6.07, 6.45) is 3.37. The number of hydrogen-bond acceptors (Lipinski definition) is 4. The van der Waals surface area contributed by atoms with Crippen LogP contribution in [0, 0.1) is 20.8 Å². The highest BCUT2D eigenvalue weighted by Crippen LogP contribution is 2.14. The van der Waals surface area contributed by atoms with E-state index in [9.17, 15) is 0 Å². The van der Waals surface area contributed by atoms with E-state index in [1.807, 2.05) is 29.4 Å². The van der Waals surface area contributed by atoms with Crippen molar-refractivity contribution in [3.05, 3.63) is 40.9 Å². The van der Waals surface area contributed by atoms with Crippen LogP contribution in [0.4, 0.5) is 0 Å². The molecule has 0 fully saturated rings. The Morgan fingerprint density at radius 3 is 2.48 bits per heavy atom. The van der Waals surface area contributed by atoms with Gasteiger partial charge in [-0.15, -0.1) is 5.10 Å². The van der Waals surface area contributed by atoms with E-state index in [4.69, 9.17) is 0 Å². The Balaban J connectivity index is 1.89. The molecule has 0 aliphatic carbocycles. The van der Waals surface area contributed by atoms with Gasteiger partial charge in [0.2, 0.25) is 0 Å². The Bertz CT molecular complexity index is 822. The molecule has 0 aromatic carbocycles. The molecule has 0 spiro atoms. The molecule has 3 heterocycles. The Morgan fingerprint density at radius 1 is 1.13 bits per heavy atom. The molecule has 0 bridgehead atoms. The molecule has 3 rings (SSSR count). The highest BCUT2D eigenvalue weighted by atomic mass is 15.4. The molecule has 3 aromatic heterocycles. The average Bonchev–Trinajstić information content (AvgIpc) is 3.20. The quantitative estimate of drug-likeness (QED) is 0.722. The predicted octanol–water partition coefficient (Wildman–Crippen LogP) is 1.93. The summed E-state index contributed by atoms with van der Waals surface area (Å²) < 4.78 is 5.76. The van der Waals surface area contributed by atoms with Crippen LogP contribution < -0.4 is 0 Å². The number of nitrogens with zero attached hydrogens (tertiary/aromatic N) is 7. The summed E-state index contributed by atoms with van der Waals surface area (Å²) in [5.41, 5.74) is 3.56. The molecular weight excluding hydrogens is 290 g/mol. The number of rotatable bonds is 5. The molecule has 23 heavy (non-hydrogen) atoms. The van der Waals surface area contributed by atoms with E-state index in [0.29, 0.717) is 0 Å². The first-order valence-electron chi connectivity index (χ1n) is 7.95. The topological polar surface area (TPSA) is 66.3 Å². The third kappa shape index (κ3) is 2.78. The molecular formula is C16H23N7. The van der Waals surface area contributed by atoms with Crippen molar-refractivity contribution in [1.29, 1.82) is 0 Å². The Hall–Kier alpha value is -2.44. The molecule has 0 radical (unpaired) electrons. The summed E-state index contributed by atoms with van der Waals surface area (Å²) in [6, 6.07) is 1.95. The Kier molecular flexibility index (Phi) is 4.02. The fourth-order valence-corrected chi connectivity index (χ4v) is 2.67. The minimum Gasteiger partial charge on any atom is -0.269 e. The van der Waals surface area contributed by atoms with Gasteiger partial charge in [-0.2, -0.15) is 14.9 Å². The molecule has 0 aliphatic rings. The molecule has 122 valence electrons. The minimum absolute atomic E-state index is 0.777. The van der Waals surface area contributed by atoms with E-state index in [1.54, 1.807) is 6.20 Å². The normalized spacial score (nSPS) is 11.3. The van der Waals surface area contributed by atoms with Crippen LogP contribution in [0.3, 0.4) is 0 Å². The smallest absolute Gasteiger partial charge is 0.153 e. The van der Waals surface area contributed by atoms with Gasteiger partial charge in [0.25, 0.3) is 0 Å². The van der Waals surface area contributed by atoms with Gasteiger partial charge in [0.1, 0.15) is 5.82 Å². The zero-order valence-corrected chi connectivity index (χ0v) is 14.4. The van der Waals surface area contributed by atoms with Gasteiger partial charge >= 0.3 is 0 Å². The minimum atomic E-state index is 0.777. The van der Waals surface area contributed by atoms with Crippen molar-refractivity contribution in [3.63, 3.8) is 0 Å². The van der Waals surface area contributed by atoms with E-state index in [0.717, 1.165) is 42.5 Å². The molecule has 0 aliphatic heterocycles. The molecule has 0 saturated heterocycles. The van der Waals surface area contributed by atoms with Crippen molar-refractivity contribution in [2.45, 2.75) is 47.1 Å². The van der Waals surface area contributed by atoms with Crippen molar-refractivity contribution >= 4 is 0 Å². The van der Waals surface area contributed by atoms with Crippen LogP contribution in [0.25, 0.3) is 5.82 Å². The SMILES string of the molecule is CCc1nc(CCn2nc(C)c(C)c2C)n(-c2ccnn2C)n1. The van der Waals surface area contributed by atoms with Gasteiger partial charge in [0.05, 0.1) is 11.9 Å². The van der Waals surface area contributed by atoms with Gasteiger partial charge < -0.3 is 0 Å². The maximum Gasteiger partial charge on any atom is 0.153 e. The van der Waals surface area contributed by atoms with E-state index in [2.05, 4.69) is 45.7 Å². The first-order chi connectivity index (χ1) is 11.0. The Labute approximate surface area is 136 Å². The van der Waals surface area contributed by atoms with Crippen LogP contribution in [0.15, 0.2) is 12.3 Å². The molecule has 3 aromatic rings. The van der Waals surface area contributed by atoms with Gasteiger partial charge in [-0.3, -0.25) is 9.36 Å².